The van der Waals surface area contributed by atoms with Crippen molar-refractivity contribution in [2.24, 2.45) is 5.92 Å². The van der Waals surface area contributed by atoms with Gasteiger partial charge in [0.15, 0.2) is 0 Å². The molecule has 0 saturated carbocycles. The van der Waals surface area contributed by atoms with Crippen LogP contribution in [0.1, 0.15) is 43.1 Å². The maximum absolute atomic E-state index is 12.9. The van der Waals surface area contributed by atoms with Crippen LogP contribution in [-0.4, -0.2) is 60.5 Å². The molecule has 1 aliphatic heterocycles. The number of hydrogen-bond acceptors (Lipinski definition) is 3. The highest BCUT2D eigenvalue weighted by Crippen LogP contribution is 2.14. The summed E-state index contributed by atoms with van der Waals surface area (Å²) in [5, 5.41) is 0. The molecule has 2 amide bonds. The highest BCUT2D eigenvalue weighted by molar-refractivity contribution is 5.94. The molecule has 0 radical (unpaired) electrons. The van der Waals surface area contributed by atoms with E-state index in [1.807, 2.05) is 47.9 Å². The number of hydrogen-bond donors (Lipinski definition) is 0. The molecule has 5 heteroatoms. The lowest BCUT2D eigenvalue weighted by Crippen LogP contribution is -2.51. The van der Waals surface area contributed by atoms with Gasteiger partial charge in [0.25, 0.3) is 5.91 Å². The van der Waals surface area contributed by atoms with Gasteiger partial charge in [0.1, 0.15) is 0 Å². The topological polar surface area (TPSA) is 49.9 Å². The second-order valence-corrected chi connectivity index (χ2v) is 7.16. The fourth-order valence-corrected chi connectivity index (χ4v) is 3.09. The van der Waals surface area contributed by atoms with Gasteiger partial charge in [-0.1, -0.05) is 38.5 Å². The molecule has 1 atom stereocenters. The van der Waals surface area contributed by atoms with Crippen LogP contribution in [-0.2, 0) is 9.53 Å². The van der Waals surface area contributed by atoms with Crippen molar-refractivity contribution < 1.29 is 14.3 Å². The lowest BCUT2D eigenvalue weighted by molar-refractivity contribution is -0.138. The molecule has 0 aliphatic carbocycles. The second-order valence-electron chi connectivity index (χ2n) is 7.16. The Morgan fingerprint density at radius 2 is 1.96 bits per heavy atom. The van der Waals surface area contributed by atoms with Crippen LogP contribution in [0.15, 0.2) is 24.3 Å². The average Bonchev–Trinajstić information content (AvgIpc) is 2.60. The SMILES string of the molecule is CCC(=O)N1CCO[C@H](CN(CC(C)C)C(=O)c2ccc(C)cc2)C1. The molecule has 1 saturated heterocycles. The molecular formula is C20H30N2O3. The Morgan fingerprint density at radius 1 is 1.28 bits per heavy atom. The van der Waals surface area contributed by atoms with Crippen molar-refractivity contribution in [3.63, 3.8) is 0 Å². The predicted molar refractivity (Wildman–Crippen MR) is 98.5 cm³/mol. The summed E-state index contributed by atoms with van der Waals surface area (Å²) in [4.78, 5) is 28.6. The van der Waals surface area contributed by atoms with Gasteiger partial charge in [-0.3, -0.25) is 9.59 Å². The van der Waals surface area contributed by atoms with Crippen LogP contribution in [0.5, 0.6) is 0 Å². The third-order valence-electron chi connectivity index (χ3n) is 4.39. The Kier molecular flexibility index (Phi) is 7.00. The zero-order valence-corrected chi connectivity index (χ0v) is 15.8. The van der Waals surface area contributed by atoms with Crippen LogP contribution in [0.4, 0.5) is 0 Å². The van der Waals surface area contributed by atoms with Gasteiger partial charge in [-0.05, 0) is 25.0 Å². The van der Waals surface area contributed by atoms with Gasteiger partial charge in [-0.2, -0.15) is 0 Å². The van der Waals surface area contributed by atoms with Crippen molar-refractivity contribution >= 4 is 11.8 Å². The minimum Gasteiger partial charge on any atom is -0.373 e. The standard InChI is InChI=1S/C20H30N2O3/c1-5-19(23)21-10-11-25-18(13-21)14-22(12-15(2)3)20(24)17-8-6-16(4)7-9-17/h6-9,15,18H,5,10-14H2,1-4H3/t18-/m0/s1. The van der Waals surface area contributed by atoms with Crippen LogP contribution >= 0.6 is 0 Å². The maximum Gasteiger partial charge on any atom is 0.253 e. The number of carbonyl (C=O) groups is 2. The van der Waals surface area contributed by atoms with E-state index in [4.69, 9.17) is 4.74 Å². The fourth-order valence-electron chi connectivity index (χ4n) is 3.09. The number of nitrogens with zero attached hydrogens (tertiary/aromatic N) is 2. The van der Waals surface area contributed by atoms with Crippen LogP contribution in [0.25, 0.3) is 0 Å². The highest BCUT2D eigenvalue weighted by Gasteiger charge is 2.27. The molecule has 0 bridgehead atoms. The van der Waals surface area contributed by atoms with Crippen molar-refractivity contribution in [3.05, 3.63) is 35.4 Å². The van der Waals surface area contributed by atoms with Crippen LogP contribution in [0.3, 0.4) is 0 Å². The minimum atomic E-state index is -0.127. The van der Waals surface area contributed by atoms with Crippen molar-refractivity contribution in [1.29, 1.82) is 0 Å². The summed E-state index contributed by atoms with van der Waals surface area (Å²) in [5.74, 6) is 0.538. The monoisotopic (exact) mass is 346 g/mol. The lowest BCUT2D eigenvalue weighted by atomic mass is 10.1. The second kappa shape index (κ2) is 8.99. The first-order valence-electron chi connectivity index (χ1n) is 9.16. The van der Waals surface area contributed by atoms with E-state index in [9.17, 15) is 9.59 Å². The van der Waals surface area contributed by atoms with Crippen molar-refractivity contribution in [3.8, 4) is 0 Å². The van der Waals surface area contributed by atoms with Gasteiger partial charge in [-0.25, -0.2) is 0 Å². The zero-order chi connectivity index (χ0) is 18.4. The normalized spacial score (nSPS) is 17.6. The molecule has 138 valence electrons. The lowest BCUT2D eigenvalue weighted by Gasteiger charge is -2.36. The molecule has 5 nitrogen and oxygen atoms in total. The maximum atomic E-state index is 12.9. The predicted octanol–water partition coefficient (Wildman–Crippen LogP) is 2.73. The number of benzene rings is 1. The van der Waals surface area contributed by atoms with Gasteiger partial charge in [-0.15, -0.1) is 0 Å². The largest absolute Gasteiger partial charge is 0.373 e. The summed E-state index contributed by atoms with van der Waals surface area (Å²) in [5.41, 5.74) is 1.83. The van der Waals surface area contributed by atoms with Gasteiger partial charge in [0.05, 0.1) is 12.7 Å². The number of ether oxygens (including phenoxy) is 1. The number of aryl methyl sites for hydroxylation is 1. The van der Waals surface area contributed by atoms with E-state index < -0.39 is 0 Å². The van der Waals surface area contributed by atoms with E-state index in [2.05, 4.69) is 13.8 Å². The summed E-state index contributed by atoms with van der Waals surface area (Å²) in [6, 6.07) is 7.67. The number of carbonyl (C=O) groups excluding carboxylic acids is 2. The van der Waals surface area contributed by atoms with Crippen molar-refractivity contribution in [2.45, 2.75) is 40.2 Å². The first kappa shape index (κ1) is 19.4. The molecule has 2 rings (SSSR count). The third-order valence-corrected chi connectivity index (χ3v) is 4.39. The minimum absolute atomic E-state index is 0.0243. The summed E-state index contributed by atoms with van der Waals surface area (Å²) in [6.45, 7) is 11.0. The molecule has 1 aliphatic rings. The smallest absolute Gasteiger partial charge is 0.253 e. The Balaban J connectivity index is 2.07. The van der Waals surface area contributed by atoms with E-state index in [1.165, 1.54) is 0 Å². The van der Waals surface area contributed by atoms with Gasteiger partial charge >= 0.3 is 0 Å². The molecule has 1 heterocycles. The van der Waals surface area contributed by atoms with E-state index in [1.54, 1.807) is 0 Å². The third kappa shape index (κ3) is 5.56. The fraction of sp³-hybridized carbons (Fsp3) is 0.600. The first-order chi connectivity index (χ1) is 11.9. The highest BCUT2D eigenvalue weighted by atomic mass is 16.5. The molecule has 0 unspecified atom stereocenters. The molecule has 0 N–H and O–H groups in total. The quantitative estimate of drug-likeness (QED) is 0.796. The Hall–Kier alpha value is -1.88. The Bertz CT molecular complexity index is 583. The van der Waals surface area contributed by atoms with Crippen LogP contribution in [0.2, 0.25) is 0 Å². The zero-order valence-electron chi connectivity index (χ0n) is 15.8. The van der Waals surface area contributed by atoms with E-state index >= 15 is 0 Å². The number of morpholine rings is 1. The molecule has 0 aromatic heterocycles. The number of rotatable bonds is 6. The van der Waals surface area contributed by atoms with Crippen LogP contribution in [0, 0.1) is 12.8 Å². The van der Waals surface area contributed by atoms with Gasteiger partial charge in [0.2, 0.25) is 5.91 Å². The average molecular weight is 346 g/mol. The summed E-state index contributed by atoms with van der Waals surface area (Å²) in [6.07, 6.45) is 0.377. The first-order valence-corrected chi connectivity index (χ1v) is 9.16. The molecule has 0 spiro atoms. The molecular weight excluding hydrogens is 316 g/mol. The van der Waals surface area contributed by atoms with Crippen molar-refractivity contribution in [1.82, 2.24) is 9.80 Å². The van der Waals surface area contributed by atoms with Crippen LogP contribution < -0.4 is 0 Å². The number of amides is 2. The van der Waals surface area contributed by atoms with Crippen molar-refractivity contribution in [2.75, 3.05) is 32.8 Å². The molecule has 1 aromatic rings. The van der Waals surface area contributed by atoms with Gasteiger partial charge in [0, 0.05) is 38.2 Å². The summed E-state index contributed by atoms with van der Waals surface area (Å²) in [7, 11) is 0. The van der Waals surface area contributed by atoms with Gasteiger partial charge < -0.3 is 14.5 Å². The molecule has 1 fully saturated rings. The van der Waals surface area contributed by atoms with E-state index in [0.29, 0.717) is 50.7 Å². The van der Waals surface area contributed by atoms with E-state index in [-0.39, 0.29) is 17.9 Å². The van der Waals surface area contributed by atoms with E-state index in [0.717, 1.165) is 5.56 Å². The Morgan fingerprint density at radius 3 is 2.56 bits per heavy atom. The summed E-state index contributed by atoms with van der Waals surface area (Å²) >= 11 is 0. The molecule has 25 heavy (non-hydrogen) atoms. The Labute approximate surface area is 150 Å². The molecule has 1 aromatic carbocycles. The summed E-state index contributed by atoms with van der Waals surface area (Å²) < 4.78 is 5.83.